The highest BCUT2D eigenvalue weighted by atomic mass is 16.5. The second-order valence-corrected chi connectivity index (χ2v) is 3.34. The van der Waals surface area contributed by atoms with Gasteiger partial charge >= 0.3 is 0 Å². The number of amides is 1. The van der Waals surface area contributed by atoms with Crippen LogP contribution >= 0.6 is 0 Å². The molecule has 1 aromatic heterocycles. The molecule has 78 valence electrons. The molecule has 3 N–H and O–H groups in total. The number of nitrogens with zero attached hydrogens (tertiary/aromatic N) is 2. The predicted octanol–water partition coefficient (Wildman–Crippen LogP) is -0.331. The first-order valence-corrected chi connectivity index (χ1v) is 4.39. The van der Waals surface area contributed by atoms with Crippen LogP contribution in [0.4, 0.5) is 0 Å². The molecule has 1 amide bonds. The second-order valence-electron chi connectivity index (χ2n) is 3.34. The minimum absolute atomic E-state index is 0.111. The van der Waals surface area contributed by atoms with Crippen molar-refractivity contribution in [1.29, 1.82) is 0 Å². The standard InChI is InChI=1S/C8H14N4O2/c1-5(2)7(9)8(13)10-3-6-11-4-14-12-6/h4-5,7H,3,9H2,1-2H3,(H,10,13)/t7-/m1/s1. The third-order valence-corrected chi connectivity index (χ3v) is 1.85. The van der Waals surface area contributed by atoms with Crippen LogP contribution in [0.5, 0.6) is 0 Å². The molecule has 0 aliphatic carbocycles. The van der Waals surface area contributed by atoms with Crippen LogP contribution in [0.1, 0.15) is 19.7 Å². The molecule has 1 rings (SSSR count). The molecule has 14 heavy (non-hydrogen) atoms. The molecule has 0 saturated heterocycles. The fraction of sp³-hybridized carbons (Fsp3) is 0.625. The van der Waals surface area contributed by atoms with Crippen molar-refractivity contribution >= 4 is 5.91 Å². The Hall–Kier alpha value is -1.43. The third kappa shape index (κ3) is 2.81. The Labute approximate surface area is 81.9 Å². The van der Waals surface area contributed by atoms with E-state index in [0.717, 1.165) is 0 Å². The summed E-state index contributed by atoms with van der Waals surface area (Å²) < 4.78 is 4.51. The number of hydrogen-bond donors (Lipinski definition) is 2. The first-order valence-electron chi connectivity index (χ1n) is 4.39. The van der Waals surface area contributed by atoms with Crippen LogP contribution in [-0.4, -0.2) is 22.1 Å². The summed E-state index contributed by atoms with van der Waals surface area (Å²) in [4.78, 5) is 15.1. The van der Waals surface area contributed by atoms with E-state index < -0.39 is 6.04 Å². The van der Waals surface area contributed by atoms with Crippen molar-refractivity contribution in [3.05, 3.63) is 12.2 Å². The van der Waals surface area contributed by atoms with Gasteiger partial charge in [-0.05, 0) is 5.92 Å². The van der Waals surface area contributed by atoms with Gasteiger partial charge in [0.25, 0.3) is 0 Å². The fourth-order valence-electron chi connectivity index (χ4n) is 0.857. The van der Waals surface area contributed by atoms with Crippen LogP contribution in [0.15, 0.2) is 10.9 Å². The van der Waals surface area contributed by atoms with E-state index in [1.807, 2.05) is 13.8 Å². The largest absolute Gasteiger partial charge is 0.347 e. The van der Waals surface area contributed by atoms with E-state index in [2.05, 4.69) is 20.0 Å². The zero-order valence-electron chi connectivity index (χ0n) is 8.23. The van der Waals surface area contributed by atoms with Gasteiger partial charge in [0, 0.05) is 0 Å². The van der Waals surface area contributed by atoms with Crippen LogP contribution in [0.3, 0.4) is 0 Å². The molecule has 0 spiro atoms. The fourth-order valence-corrected chi connectivity index (χ4v) is 0.857. The van der Waals surface area contributed by atoms with E-state index in [9.17, 15) is 4.79 Å². The van der Waals surface area contributed by atoms with Gasteiger partial charge in [0.05, 0.1) is 12.6 Å². The molecule has 0 saturated carbocycles. The number of hydrogen-bond acceptors (Lipinski definition) is 5. The Morgan fingerprint density at radius 2 is 2.43 bits per heavy atom. The summed E-state index contributed by atoms with van der Waals surface area (Å²) in [6, 6.07) is -0.498. The highest BCUT2D eigenvalue weighted by Crippen LogP contribution is 1.98. The lowest BCUT2D eigenvalue weighted by atomic mass is 10.1. The van der Waals surface area contributed by atoms with Crippen LogP contribution in [0, 0.1) is 5.92 Å². The van der Waals surface area contributed by atoms with Crippen molar-refractivity contribution < 1.29 is 9.32 Å². The summed E-state index contributed by atoms with van der Waals surface area (Å²) in [6.07, 6.45) is 1.21. The number of nitrogens with one attached hydrogen (secondary N) is 1. The van der Waals surface area contributed by atoms with Crippen molar-refractivity contribution in [2.75, 3.05) is 0 Å². The predicted molar refractivity (Wildman–Crippen MR) is 49.0 cm³/mol. The molecular formula is C8H14N4O2. The Balaban J connectivity index is 2.35. The summed E-state index contributed by atoms with van der Waals surface area (Å²) in [5.41, 5.74) is 5.62. The van der Waals surface area contributed by atoms with Crippen molar-refractivity contribution in [1.82, 2.24) is 15.5 Å². The van der Waals surface area contributed by atoms with Crippen LogP contribution in [0.25, 0.3) is 0 Å². The van der Waals surface area contributed by atoms with Gasteiger partial charge in [-0.1, -0.05) is 19.0 Å². The smallest absolute Gasteiger partial charge is 0.237 e. The monoisotopic (exact) mass is 198 g/mol. The number of rotatable bonds is 4. The molecule has 0 aromatic carbocycles. The van der Waals surface area contributed by atoms with Gasteiger partial charge in [-0.3, -0.25) is 4.79 Å². The van der Waals surface area contributed by atoms with E-state index >= 15 is 0 Å². The number of aromatic nitrogens is 2. The average Bonchev–Trinajstić information content (AvgIpc) is 2.65. The van der Waals surface area contributed by atoms with E-state index in [1.165, 1.54) is 6.39 Å². The van der Waals surface area contributed by atoms with Gasteiger partial charge in [-0.15, -0.1) is 0 Å². The van der Waals surface area contributed by atoms with Crippen LogP contribution in [-0.2, 0) is 11.3 Å². The minimum atomic E-state index is -0.498. The summed E-state index contributed by atoms with van der Waals surface area (Å²) >= 11 is 0. The molecule has 0 unspecified atom stereocenters. The zero-order valence-corrected chi connectivity index (χ0v) is 8.23. The normalized spacial score (nSPS) is 12.9. The van der Waals surface area contributed by atoms with Gasteiger partial charge < -0.3 is 15.6 Å². The van der Waals surface area contributed by atoms with Crippen LogP contribution < -0.4 is 11.1 Å². The van der Waals surface area contributed by atoms with E-state index in [-0.39, 0.29) is 18.4 Å². The topological polar surface area (TPSA) is 94.0 Å². The number of carbonyl (C=O) groups is 1. The maximum atomic E-state index is 11.4. The maximum absolute atomic E-state index is 11.4. The van der Waals surface area contributed by atoms with Crippen LogP contribution in [0.2, 0.25) is 0 Å². The lowest BCUT2D eigenvalue weighted by Gasteiger charge is -2.14. The molecule has 0 aliphatic rings. The summed E-state index contributed by atoms with van der Waals surface area (Å²) in [6.45, 7) is 4.02. The van der Waals surface area contributed by atoms with Gasteiger partial charge in [-0.2, -0.15) is 4.98 Å². The van der Waals surface area contributed by atoms with Gasteiger partial charge in [0.15, 0.2) is 5.82 Å². The highest BCUT2D eigenvalue weighted by molar-refractivity contribution is 5.81. The van der Waals surface area contributed by atoms with E-state index in [1.54, 1.807) is 0 Å². The number of carbonyl (C=O) groups excluding carboxylic acids is 1. The first-order chi connectivity index (χ1) is 6.61. The van der Waals surface area contributed by atoms with Crippen molar-refractivity contribution in [3.63, 3.8) is 0 Å². The van der Waals surface area contributed by atoms with Crippen molar-refractivity contribution in [2.45, 2.75) is 26.4 Å². The molecule has 1 aromatic rings. The van der Waals surface area contributed by atoms with Crippen molar-refractivity contribution in [3.8, 4) is 0 Å². The Kier molecular flexibility index (Phi) is 3.58. The van der Waals surface area contributed by atoms with E-state index in [4.69, 9.17) is 5.73 Å². The minimum Gasteiger partial charge on any atom is -0.347 e. The van der Waals surface area contributed by atoms with E-state index in [0.29, 0.717) is 5.82 Å². The average molecular weight is 198 g/mol. The molecular weight excluding hydrogens is 184 g/mol. The zero-order chi connectivity index (χ0) is 10.6. The quantitative estimate of drug-likeness (QED) is 0.690. The van der Waals surface area contributed by atoms with Gasteiger partial charge in [0.2, 0.25) is 12.3 Å². The molecule has 0 fully saturated rings. The molecule has 6 heteroatoms. The summed E-state index contributed by atoms with van der Waals surface area (Å²) in [5.74, 6) is 0.347. The SMILES string of the molecule is CC(C)[C@@H](N)C(=O)NCc1ncon1. The third-order valence-electron chi connectivity index (χ3n) is 1.85. The summed E-state index contributed by atoms with van der Waals surface area (Å²) in [5, 5.41) is 6.17. The highest BCUT2D eigenvalue weighted by Gasteiger charge is 2.16. The lowest BCUT2D eigenvalue weighted by molar-refractivity contribution is -0.123. The molecule has 1 atom stereocenters. The maximum Gasteiger partial charge on any atom is 0.237 e. The van der Waals surface area contributed by atoms with Crippen molar-refractivity contribution in [2.24, 2.45) is 11.7 Å². The Bertz CT molecular complexity index is 284. The molecule has 0 radical (unpaired) electrons. The molecule has 1 heterocycles. The first kappa shape index (κ1) is 10.6. The second kappa shape index (κ2) is 4.71. The Morgan fingerprint density at radius 3 is 2.93 bits per heavy atom. The van der Waals surface area contributed by atoms with Gasteiger partial charge in [0.1, 0.15) is 0 Å². The molecule has 6 nitrogen and oxygen atoms in total. The molecule has 0 aliphatic heterocycles. The summed E-state index contributed by atoms with van der Waals surface area (Å²) in [7, 11) is 0. The molecule has 0 bridgehead atoms. The van der Waals surface area contributed by atoms with Gasteiger partial charge in [-0.25, -0.2) is 0 Å². The lowest BCUT2D eigenvalue weighted by Crippen LogP contribution is -2.43. The number of nitrogens with two attached hydrogens (primary N) is 1. The Morgan fingerprint density at radius 1 is 1.71 bits per heavy atom.